The van der Waals surface area contributed by atoms with E-state index in [4.69, 9.17) is 14.2 Å². The number of fused-ring (bicyclic) bond motifs is 9. The standard InChI is InChI=1S/C66H48N12O3/c1-40-55(37-79-46-22-16-43(17-23-46)34-73-76-58-49-10-4-28-67-61(49)62-50(58)11-5-29-68-62)41(2)57(39-81-48-26-20-45(21-27-48)36-75-78-60-53-14-8-32-71-65(53)66-54(60)15-9-33-72-66)42(3)56(40)38-80-47-24-18-44(19-25-47)35-74-77-59-51-12-6-30-69-63(51)64-52(59)13-7-31-70-64/h4-36H,37-39H2,1-3H3/b73-34+,74-35+,75-36+. The number of aromatic nitrogens is 6. The van der Waals surface area contributed by atoms with Gasteiger partial charge in [-0.1, -0.05) is 0 Å². The Balaban J connectivity index is 0.719. The van der Waals surface area contributed by atoms with Crippen LogP contribution in [0.25, 0.3) is 34.2 Å². The van der Waals surface area contributed by atoms with Gasteiger partial charge in [-0.3, -0.25) is 29.9 Å². The van der Waals surface area contributed by atoms with Gasteiger partial charge in [0.15, 0.2) is 0 Å². The molecule has 6 heterocycles. The molecule has 0 unspecified atom stereocenters. The SMILES string of the molecule is Cc1c(COc2ccc(/C=N/N=C3c4cccnc4-c4ncccc43)cc2)c(C)c(COc2ccc(/C=N/N=C3c4cccnc4-c4ncccc43)cc2)c(C)c1COc1ccc(/C=N/N=C2c3cccnc3-c3ncccc32)cc1. The summed E-state index contributed by atoms with van der Waals surface area (Å²) in [4.78, 5) is 27.3. The molecule has 0 amide bonds. The number of rotatable bonds is 15. The molecule has 0 atom stereocenters. The van der Waals surface area contributed by atoms with Crippen LogP contribution in [0.5, 0.6) is 17.2 Å². The highest BCUT2D eigenvalue weighted by molar-refractivity contribution is 6.24. The van der Waals surface area contributed by atoms with E-state index in [0.717, 1.165) is 135 Å². The monoisotopic (exact) mass is 1060 g/mol. The highest BCUT2D eigenvalue weighted by Crippen LogP contribution is 2.37. The van der Waals surface area contributed by atoms with Crippen LogP contribution >= 0.6 is 0 Å². The number of hydrogen-bond donors (Lipinski definition) is 0. The topological polar surface area (TPSA) is 179 Å². The average molecular weight is 1060 g/mol. The molecule has 0 saturated carbocycles. The van der Waals surface area contributed by atoms with Gasteiger partial charge in [0.05, 0.1) is 52.8 Å². The molecule has 13 rings (SSSR count). The van der Waals surface area contributed by atoms with Crippen LogP contribution in [0.3, 0.4) is 0 Å². The lowest BCUT2D eigenvalue weighted by Crippen LogP contribution is -2.13. The summed E-state index contributed by atoms with van der Waals surface area (Å²) in [6.07, 6.45) is 15.8. The number of pyridine rings is 6. The van der Waals surface area contributed by atoms with Gasteiger partial charge in [0, 0.05) is 70.6 Å². The van der Waals surface area contributed by atoms with Crippen molar-refractivity contribution in [3.05, 3.63) is 266 Å². The lowest BCUT2D eigenvalue weighted by atomic mass is 9.89. The van der Waals surface area contributed by atoms with Crippen LogP contribution in [-0.4, -0.2) is 65.7 Å². The second-order valence-corrected chi connectivity index (χ2v) is 19.4. The van der Waals surface area contributed by atoms with Gasteiger partial charge < -0.3 is 14.2 Å². The van der Waals surface area contributed by atoms with Crippen LogP contribution in [0.1, 0.15) is 83.5 Å². The van der Waals surface area contributed by atoms with E-state index in [1.54, 1.807) is 55.8 Å². The zero-order chi connectivity index (χ0) is 54.7. The zero-order valence-corrected chi connectivity index (χ0v) is 44.3. The molecule has 0 saturated heterocycles. The quantitative estimate of drug-likeness (QED) is 0.0713. The van der Waals surface area contributed by atoms with Gasteiger partial charge in [0.1, 0.15) is 54.2 Å². The first kappa shape index (κ1) is 49.8. The molecule has 3 aliphatic rings. The molecule has 0 bridgehead atoms. The minimum atomic E-state index is 0.324. The Bertz CT molecular complexity index is 3670. The molecular weight excluding hydrogens is 1010 g/mol. The fourth-order valence-corrected chi connectivity index (χ4v) is 10.4. The first-order valence-electron chi connectivity index (χ1n) is 26.3. The summed E-state index contributed by atoms with van der Waals surface area (Å²) < 4.78 is 19.7. The van der Waals surface area contributed by atoms with Crippen molar-refractivity contribution in [3.8, 4) is 51.4 Å². The predicted molar refractivity (Wildman–Crippen MR) is 315 cm³/mol. The van der Waals surface area contributed by atoms with E-state index in [0.29, 0.717) is 37.1 Å². The van der Waals surface area contributed by atoms with E-state index in [9.17, 15) is 0 Å². The highest BCUT2D eigenvalue weighted by Gasteiger charge is 2.29. The maximum atomic E-state index is 6.55. The van der Waals surface area contributed by atoms with Crippen LogP contribution in [0.2, 0.25) is 0 Å². The Hall–Kier alpha value is -10.8. The third kappa shape index (κ3) is 9.84. The summed E-state index contributed by atoms with van der Waals surface area (Å²) in [6, 6.07) is 46.8. The fraction of sp³-hybridized carbons (Fsp3) is 0.0909. The highest BCUT2D eigenvalue weighted by atomic mass is 16.5. The molecule has 0 spiro atoms. The van der Waals surface area contributed by atoms with Crippen LogP contribution in [0.4, 0.5) is 0 Å². The van der Waals surface area contributed by atoms with E-state index < -0.39 is 0 Å². The first-order valence-corrected chi connectivity index (χ1v) is 26.3. The van der Waals surface area contributed by atoms with Crippen molar-refractivity contribution in [2.45, 2.75) is 40.6 Å². The van der Waals surface area contributed by atoms with Crippen molar-refractivity contribution >= 4 is 35.8 Å². The van der Waals surface area contributed by atoms with Gasteiger partial charge in [-0.25, -0.2) is 0 Å². The summed E-state index contributed by atoms with van der Waals surface area (Å²) in [5.41, 5.74) is 21.6. The molecule has 390 valence electrons. The van der Waals surface area contributed by atoms with Gasteiger partial charge in [-0.15, -0.1) is 15.3 Å². The summed E-state index contributed by atoms with van der Waals surface area (Å²) in [5.74, 6) is 2.15. The van der Waals surface area contributed by atoms with Crippen LogP contribution in [0, 0.1) is 20.8 Å². The van der Waals surface area contributed by atoms with Crippen molar-refractivity contribution in [3.63, 3.8) is 0 Å². The van der Waals surface area contributed by atoms with Crippen molar-refractivity contribution < 1.29 is 14.2 Å². The summed E-state index contributed by atoms with van der Waals surface area (Å²) in [7, 11) is 0. The van der Waals surface area contributed by atoms with E-state index >= 15 is 0 Å². The molecule has 15 heteroatoms. The molecule has 0 aliphatic heterocycles. The third-order valence-corrected chi connectivity index (χ3v) is 14.6. The molecule has 10 aromatic rings. The van der Waals surface area contributed by atoms with E-state index in [-0.39, 0.29) is 0 Å². The molecule has 0 radical (unpaired) electrons. The minimum Gasteiger partial charge on any atom is -0.489 e. The molecule has 0 fully saturated rings. The minimum absolute atomic E-state index is 0.324. The number of hydrogen-bond acceptors (Lipinski definition) is 15. The van der Waals surface area contributed by atoms with E-state index in [1.165, 1.54) is 0 Å². The molecule has 6 aromatic heterocycles. The van der Waals surface area contributed by atoms with E-state index in [2.05, 4.69) is 81.3 Å². The predicted octanol–water partition coefficient (Wildman–Crippen LogP) is 12.3. The Morgan fingerprint density at radius 2 is 0.531 bits per heavy atom. The fourth-order valence-electron chi connectivity index (χ4n) is 10.4. The lowest BCUT2D eigenvalue weighted by molar-refractivity contribution is 0.290. The smallest absolute Gasteiger partial charge is 0.119 e. The second-order valence-electron chi connectivity index (χ2n) is 19.4. The molecule has 4 aromatic carbocycles. The summed E-state index contributed by atoms with van der Waals surface area (Å²) >= 11 is 0. The van der Waals surface area contributed by atoms with Gasteiger partial charge in [-0.2, -0.15) is 15.3 Å². The van der Waals surface area contributed by atoms with Gasteiger partial charge in [0.2, 0.25) is 0 Å². The maximum Gasteiger partial charge on any atom is 0.119 e. The lowest BCUT2D eigenvalue weighted by Gasteiger charge is -2.23. The van der Waals surface area contributed by atoms with Crippen molar-refractivity contribution in [1.82, 2.24) is 29.9 Å². The largest absolute Gasteiger partial charge is 0.489 e. The summed E-state index contributed by atoms with van der Waals surface area (Å²) in [6.45, 7) is 7.37. The van der Waals surface area contributed by atoms with Crippen LogP contribution < -0.4 is 14.2 Å². The molecular formula is C66H48N12O3. The molecule has 81 heavy (non-hydrogen) atoms. The number of benzene rings is 4. The Morgan fingerprint density at radius 1 is 0.309 bits per heavy atom. The molecule has 3 aliphatic carbocycles. The Labute approximate surface area is 466 Å². The van der Waals surface area contributed by atoms with Crippen LogP contribution in [0.15, 0.2) is 213 Å². The van der Waals surface area contributed by atoms with Crippen molar-refractivity contribution in [2.75, 3.05) is 0 Å². The van der Waals surface area contributed by atoms with Crippen LogP contribution in [-0.2, 0) is 19.8 Å². The Morgan fingerprint density at radius 3 is 0.753 bits per heavy atom. The van der Waals surface area contributed by atoms with Gasteiger partial charge in [0.25, 0.3) is 0 Å². The number of nitrogens with zero attached hydrogens (tertiary/aromatic N) is 12. The normalized spacial score (nSPS) is 12.6. The zero-order valence-electron chi connectivity index (χ0n) is 44.3. The van der Waals surface area contributed by atoms with E-state index in [1.807, 2.05) is 146 Å². The van der Waals surface area contributed by atoms with Crippen molar-refractivity contribution in [2.24, 2.45) is 30.6 Å². The first-order chi connectivity index (χ1) is 39.9. The average Bonchev–Trinajstić information content (AvgIpc) is 4.21. The Kier molecular flexibility index (Phi) is 13.5. The molecule has 15 nitrogen and oxygen atoms in total. The maximum absolute atomic E-state index is 6.55. The van der Waals surface area contributed by atoms with Gasteiger partial charge in [-0.05, 0) is 216 Å². The number of ether oxygens (including phenoxy) is 3. The summed E-state index contributed by atoms with van der Waals surface area (Å²) in [5, 5.41) is 27.3. The second kappa shape index (κ2) is 21.9. The molecule has 0 N–H and O–H groups in total. The van der Waals surface area contributed by atoms with Gasteiger partial charge >= 0.3 is 0 Å². The third-order valence-electron chi connectivity index (χ3n) is 14.6. The van der Waals surface area contributed by atoms with Crippen molar-refractivity contribution in [1.29, 1.82) is 0 Å².